The molecule has 0 amide bonds. The van der Waals surface area contributed by atoms with Crippen LogP contribution in [0.1, 0.15) is 18.4 Å². The molecule has 1 aromatic rings. The molecule has 0 spiro atoms. The predicted molar refractivity (Wildman–Crippen MR) is 98.8 cm³/mol. The Morgan fingerprint density at radius 2 is 2.16 bits per heavy atom. The Balaban J connectivity index is 1.49. The van der Waals surface area contributed by atoms with E-state index in [-0.39, 0.29) is 0 Å². The molecule has 1 heterocycles. The van der Waals surface area contributed by atoms with Crippen LogP contribution >= 0.6 is 11.6 Å². The van der Waals surface area contributed by atoms with Crippen molar-refractivity contribution in [2.45, 2.75) is 19.4 Å². The first-order valence-corrected chi connectivity index (χ1v) is 9.12. The van der Waals surface area contributed by atoms with Gasteiger partial charge in [0.2, 0.25) is 0 Å². The van der Waals surface area contributed by atoms with Crippen LogP contribution in [0.3, 0.4) is 0 Å². The number of hydrogen-bond donors (Lipinski definition) is 1. The van der Waals surface area contributed by atoms with Crippen LogP contribution in [0.5, 0.6) is 11.5 Å². The van der Waals surface area contributed by atoms with Gasteiger partial charge in [0.25, 0.3) is 0 Å². The Bertz CT molecular complexity index is 620. The number of nitrogens with zero attached hydrogens (tertiary/aromatic N) is 2. The third kappa shape index (κ3) is 5.16. The maximum atomic E-state index is 6.28. The minimum Gasteiger partial charge on any atom is -0.486 e. The van der Waals surface area contributed by atoms with E-state index in [0.717, 1.165) is 30.6 Å². The molecule has 3 rings (SSSR count). The summed E-state index contributed by atoms with van der Waals surface area (Å²) in [5.41, 5.74) is 1.02. The SMILES string of the molecule is CN=C(NCc1cc(Cl)c2c(c1)OCCO2)N(C)CCOCC1CC1. The highest BCUT2D eigenvalue weighted by molar-refractivity contribution is 6.32. The van der Waals surface area contributed by atoms with E-state index in [4.69, 9.17) is 25.8 Å². The molecule has 138 valence electrons. The van der Waals surface area contributed by atoms with Crippen LogP contribution in [-0.4, -0.2) is 57.9 Å². The maximum absolute atomic E-state index is 6.28. The molecule has 0 saturated heterocycles. The Morgan fingerprint density at radius 1 is 1.36 bits per heavy atom. The summed E-state index contributed by atoms with van der Waals surface area (Å²) in [5.74, 6) is 2.95. The van der Waals surface area contributed by atoms with E-state index in [2.05, 4.69) is 15.2 Å². The van der Waals surface area contributed by atoms with E-state index in [1.807, 2.05) is 19.2 Å². The molecule has 0 atom stereocenters. The fourth-order valence-corrected chi connectivity index (χ4v) is 2.96. The molecule has 6 nitrogen and oxygen atoms in total. The minimum atomic E-state index is 0.532. The van der Waals surface area contributed by atoms with E-state index in [0.29, 0.717) is 42.9 Å². The Hall–Kier alpha value is -1.66. The van der Waals surface area contributed by atoms with Crippen LogP contribution in [0.25, 0.3) is 0 Å². The van der Waals surface area contributed by atoms with E-state index in [1.165, 1.54) is 12.8 Å². The zero-order valence-electron chi connectivity index (χ0n) is 14.9. The molecule has 25 heavy (non-hydrogen) atoms. The van der Waals surface area contributed by atoms with E-state index in [1.54, 1.807) is 7.05 Å². The van der Waals surface area contributed by atoms with Gasteiger partial charge in [-0.15, -0.1) is 0 Å². The van der Waals surface area contributed by atoms with Crippen molar-refractivity contribution in [1.29, 1.82) is 0 Å². The van der Waals surface area contributed by atoms with E-state index < -0.39 is 0 Å². The highest BCUT2D eigenvalue weighted by atomic mass is 35.5. The number of aliphatic imine (C=N–C) groups is 1. The molecule has 1 N–H and O–H groups in total. The van der Waals surface area contributed by atoms with Gasteiger partial charge in [0.05, 0.1) is 11.6 Å². The maximum Gasteiger partial charge on any atom is 0.193 e. The van der Waals surface area contributed by atoms with Gasteiger partial charge < -0.3 is 24.4 Å². The number of fused-ring (bicyclic) bond motifs is 1. The second-order valence-corrected chi connectivity index (χ2v) is 6.85. The van der Waals surface area contributed by atoms with Gasteiger partial charge >= 0.3 is 0 Å². The topological polar surface area (TPSA) is 55.3 Å². The number of halogens is 1. The molecule has 0 aromatic heterocycles. The highest BCUT2D eigenvalue weighted by Gasteiger charge is 2.21. The summed E-state index contributed by atoms with van der Waals surface area (Å²) in [7, 11) is 3.79. The smallest absolute Gasteiger partial charge is 0.193 e. The Labute approximate surface area is 154 Å². The molecule has 1 aliphatic heterocycles. The van der Waals surface area contributed by atoms with Crippen molar-refractivity contribution in [3.63, 3.8) is 0 Å². The molecule has 1 aromatic carbocycles. The third-order valence-corrected chi connectivity index (χ3v) is 4.58. The number of nitrogens with one attached hydrogen (secondary N) is 1. The van der Waals surface area contributed by atoms with Crippen molar-refractivity contribution in [1.82, 2.24) is 10.2 Å². The van der Waals surface area contributed by atoms with Gasteiger partial charge in [-0.05, 0) is 36.5 Å². The number of benzene rings is 1. The van der Waals surface area contributed by atoms with Crippen LogP contribution in [0, 0.1) is 5.92 Å². The highest BCUT2D eigenvalue weighted by Crippen LogP contribution is 2.38. The van der Waals surface area contributed by atoms with Gasteiger partial charge in [0.1, 0.15) is 13.2 Å². The first-order chi connectivity index (χ1) is 12.2. The van der Waals surface area contributed by atoms with Crippen LogP contribution in [-0.2, 0) is 11.3 Å². The van der Waals surface area contributed by atoms with Crippen molar-refractivity contribution < 1.29 is 14.2 Å². The molecule has 1 saturated carbocycles. The van der Waals surface area contributed by atoms with Crippen LogP contribution < -0.4 is 14.8 Å². The average molecular weight is 368 g/mol. The van der Waals surface area contributed by atoms with Gasteiger partial charge in [-0.1, -0.05) is 11.6 Å². The first-order valence-electron chi connectivity index (χ1n) is 8.75. The number of likely N-dealkylation sites (N-methyl/N-ethyl adjacent to an activating group) is 1. The van der Waals surface area contributed by atoms with Crippen molar-refractivity contribution in [2.75, 3.05) is 47.1 Å². The summed E-state index contributed by atoms with van der Waals surface area (Å²) in [6, 6.07) is 3.85. The summed E-state index contributed by atoms with van der Waals surface area (Å²) in [5, 5.41) is 3.92. The largest absolute Gasteiger partial charge is 0.486 e. The van der Waals surface area contributed by atoms with Gasteiger partial charge in [-0.2, -0.15) is 0 Å². The number of hydrogen-bond acceptors (Lipinski definition) is 4. The molecule has 0 bridgehead atoms. The Kier molecular flexibility index (Phi) is 6.26. The molecule has 1 aliphatic carbocycles. The molecular weight excluding hydrogens is 342 g/mol. The lowest BCUT2D eigenvalue weighted by Gasteiger charge is -2.23. The van der Waals surface area contributed by atoms with Gasteiger partial charge in [0.15, 0.2) is 17.5 Å². The van der Waals surface area contributed by atoms with Gasteiger partial charge in [-0.25, -0.2) is 0 Å². The number of ether oxygens (including phenoxy) is 3. The summed E-state index contributed by atoms with van der Waals surface area (Å²) >= 11 is 6.28. The Morgan fingerprint density at radius 3 is 2.92 bits per heavy atom. The third-order valence-electron chi connectivity index (χ3n) is 4.30. The molecular formula is C18H26ClN3O3. The van der Waals surface area contributed by atoms with Crippen LogP contribution in [0.2, 0.25) is 5.02 Å². The molecule has 2 aliphatic rings. The number of rotatable bonds is 7. The monoisotopic (exact) mass is 367 g/mol. The summed E-state index contributed by atoms with van der Waals surface area (Å²) in [4.78, 5) is 6.39. The van der Waals surface area contributed by atoms with Gasteiger partial charge in [-0.3, -0.25) is 4.99 Å². The zero-order valence-corrected chi connectivity index (χ0v) is 15.6. The first kappa shape index (κ1) is 18.1. The standard InChI is InChI=1S/C18H26ClN3O3/c1-20-18(22(2)5-6-23-12-13-3-4-13)21-11-14-9-15(19)17-16(10-14)24-7-8-25-17/h9-10,13H,3-8,11-12H2,1-2H3,(H,20,21). The van der Waals surface area contributed by atoms with E-state index >= 15 is 0 Å². The van der Waals surface area contributed by atoms with Crippen molar-refractivity contribution in [3.05, 3.63) is 22.7 Å². The quantitative estimate of drug-likeness (QED) is 0.456. The molecule has 0 unspecified atom stereocenters. The zero-order chi connectivity index (χ0) is 17.6. The molecule has 0 radical (unpaired) electrons. The van der Waals surface area contributed by atoms with E-state index in [9.17, 15) is 0 Å². The lowest BCUT2D eigenvalue weighted by atomic mass is 10.2. The number of guanidine groups is 1. The average Bonchev–Trinajstić information content (AvgIpc) is 3.44. The van der Waals surface area contributed by atoms with Gasteiger partial charge in [0, 0.05) is 33.8 Å². The fraction of sp³-hybridized carbons (Fsp3) is 0.611. The summed E-state index contributed by atoms with van der Waals surface area (Å²) < 4.78 is 16.9. The van der Waals surface area contributed by atoms with Crippen molar-refractivity contribution in [2.24, 2.45) is 10.9 Å². The minimum absolute atomic E-state index is 0.532. The normalized spacial score (nSPS) is 16.7. The lowest BCUT2D eigenvalue weighted by Crippen LogP contribution is -2.40. The predicted octanol–water partition coefficient (Wildman–Crippen LogP) is 2.54. The second-order valence-electron chi connectivity index (χ2n) is 6.44. The fourth-order valence-electron chi connectivity index (χ4n) is 2.67. The van der Waals surface area contributed by atoms with Crippen LogP contribution in [0.4, 0.5) is 0 Å². The van der Waals surface area contributed by atoms with Crippen molar-refractivity contribution in [3.8, 4) is 11.5 Å². The summed E-state index contributed by atoms with van der Waals surface area (Å²) in [6.45, 7) is 4.08. The lowest BCUT2D eigenvalue weighted by molar-refractivity contribution is 0.115. The second kappa shape index (κ2) is 8.63. The summed E-state index contributed by atoms with van der Waals surface area (Å²) in [6.07, 6.45) is 2.63. The molecule has 1 fully saturated rings. The molecule has 7 heteroatoms. The van der Waals surface area contributed by atoms with Crippen molar-refractivity contribution >= 4 is 17.6 Å². The van der Waals surface area contributed by atoms with Crippen LogP contribution in [0.15, 0.2) is 17.1 Å².